The summed E-state index contributed by atoms with van der Waals surface area (Å²) < 4.78 is 67.9. The van der Waals surface area contributed by atoms with Crippen LogP contribution in [0.15, 0.2) is 127 Å². The number of rotatable bonds is 7. The van der Waals surface area contributed by atoms with Crippen LogP contribution in [0.2, 0.25) is 0 Å². The maximum atomic E-state index is 12.1. The predicted octanol–water partition coefficient (Wildman–Crippen LogP) is 9.01. The Labute approximate surface area is 274 Å². The Balaban J connectivity index is 1.31. The number of phenols is 2. The van der Waals surface area contributed by atoms with Gasteiger partial charge >= 0.3 is 0 Å². The highest BCUT2D eigenvalue weighted by atomic mass is 32.2. The van der Waals surface area contributed by atoms with Gasteiger partial charge in [0.25, 0.3) is 20.2 Å². The molecule has 0 aliphatic carbocycles. The lowest BCUT2D eigenvalue weighted by Crippen LogP contribution is -1.99. The van der Waals surface area contributed by atoms with Crippen molar-refractivity contribution < 1.29 is 36.2 Å². The summed E-state index contributed by atoms with van der Waals surface area (Å²) in [4.78, 5) is -1.15. The first kappa shape index (κ1) is 32.4. The van der Waals surface area contributed by atoms with Gasteiger partial charge in [-0.2, -0.15) is 27.1 Å². The minimum absolute atomic E-state index is 0.344. The van der Waals surface area contributed by atoms with Crippen LogP contribution in [0, 0.1) is 13.8 Å². The molecule has 6 aromatic rings. The molecule has 4 N–H and O–H groups in total. The molecule has 0 heterocycles. The summed E-state index contributed by atoms with van der Waals surface area (Å²) >= 11 is 0. The van der Waals surface area contributed by atoms with Gasteiger partial charge in [0.15, 0.2) is 11.5 Å². The van der Waals surface area contributed by atoms with Crippen molar-refractivity contribution in [1.82, 2.24) is 0 Å². The maximum Gasteiger partial charge on any atom is 0.296 e. The number of phenolic OH excluding ortho intramolecular Hbond substituents is 2. The van der Waals surface area contributed by atoms with E-state index in [9.17, 15) is 36.2 Å². The summed E-state index contributed by atoms with van der Waals surface area (Å²) in [6, 6.07) is 25.8. The second kappa shape index (κ2) is 12.2. The molecule has 0 fully saturated rings. The van der Waals surface area contributed by atoms with Crippen molar-refractivity contribution in [1.29, 1.82) is 0 Å². The van der Waals surface area contributed by atoms with Gasteiger partial charge in [-0.1, -0.05) is 60.7 Å². The third kappa shape index (κ3) is 6.24. The Morgan fingerprint density at radius 1 is 0.500 bits per heavy atom. The van der Waals surface area contributed by atoms with Crippen LogP contribution in [-0.4, -0.2) is 36.2 Å². The second-order valence-electron chi connectivity index (χ2n) is 10.9. The van der Waals surface area contributed by atoms with Crippen LogP contribution >= 0.6 is 0 Å². The molecule has 14 heteroatoms. The summed E-state index contributed by atoms with van der Waals surface area (Å²) in [5, 5.41) is 39.3. The number of fused-ring (bicyclic) bond motifs is 2. The first-order valence-electron chi connectivity index (χ1n) is 14.2. The average molecular weight is 683 g/mol. The van der Waals surface area contributed by atoms with E-state index in [-0.39, 0.29) is 11.4 Å². The molecule has 0 atom stereocenters. The lowest BCUT2D eigenvalue weighted by Gasteiger charge is -2.11. The zero-order valence-corrected chi connectivity index (χ0v) is 26.9. The van der Waals surface area contributed by atoms with Gasteiger partial charge in [-0.05, 0) is 83.3 Å². The van der Waals surface area contributed by atoms with E-state index < -0.39 is 41.5 Å². The molecule has 6 rings (SSSR count). The van der Waals surface area contributed by atoms with Gasteiger partial charge in [0, 0.05) is 10.8 Å². The van der Waals surface area contributed by atoms with Crippen LogP contribution in [0.1, 0.15) is 11.1 Å². The molecule has 0 amide bonds. The van der Waals surface area contributed by atoms with E-state index in [1.807, 2.05) is 13.8 Å². The molecule has 0 aliphatic heterocycles. The number of hydrogen-bond acceptors (Lipinski definition) is 10. The molecule has 6 aromatic carbocycles. The molecular formula is C34H26N4O8S2. The average Bonchev–Trinajstić information content (AvgIpc) is 3.03. The van der Waals surface area contributed by atoms with Gasteiger partial charge in [-0.25, -0.2) is 0 Å². The normalized spacial score (nSPS) is 12.5. The van der Waals surface area contributed by atoms with E-state index in [0.29, 0.717) is 32.9 Å². The molecule has 0 unspecified atom stereocenters. The first-order chi connectivity index (χ1) is 22.7. The largest absolute Gasteiger partial charge is 0.505 e. The fraction of sp³-hybridized carbons (Fsp3) is 0.0588. The number of aromatic hydroxyl groups is 2. The lowest BCUT2D eigenvalue weighted by molar-refractivity contribution is 0.471. The third-order valence-corrected chi connectivity index (χ3v) is 9.45. The molecule has 48 heavy (non-hydrogen) atoms. The second-order valence-corrected chi connectivity index (χ2v) is 13.7. The lowest BCUT2D eigenvalue weighted by atomic mass is 9.96. The molecule has 0 aromatic heterocycles. The van der Waals surface area contributed by atoms with E-state index in [1.54, 1.807) is 84.9 Å². The molecular weight excluding hydrogens is 657 g/mol. The number of azo groups is 2. The van der Waals surface area contributed by atoms with E-state index in [2.05, 4.69) is 20.5 Å². The van der Waals surface area contributed by atoms with Crippen molar-refractivity contribution in [2.45, 2.75) is 23.6 Å². The third-order valence-electron chi connectivity index (χ3n) is 7.72. The van der Waals surface area contributed by atoms with Gasteiger partial charge in [0.1, 0.15) is 21.2 Å². The number of benzene rings is 6. The van der Waals surface area contributed by atoms with Gasteiger partial charge in [-0.15, -0.1) is 10.2 Å². The number of nitrogens with zero attached hydrogens (tertiary/aromatic N) is 4. The van der Waals surface area contributed by atoms with Crippen LogP contribution in [-0.2, 0) is 20.2 Å². The van der Waals surface area contributed by atoms with Gasteiger partial charge in [-0.3, -0.25) is 9.11 Å². The van der Waals surface area contributed by atoms with E-state index in [4.69, 9.17) is 0 Å². The quantitative estimate of drug-likeness (QED) is 0.0944. The molecule has 0 saturated carbocycles. The van der Waals surface area contributed by atoms with E-state index in [1.165, 1.54) is 12.1 Å². The summed E-state index contributed by atoms with van der Waals surface area (Å²) in [5.74, 6) is -0.869. The maximum absolute atomic E-state index is 12.1. The standard InChI is InChI=1S/C34H26N4O8S2/c1-19-15-23(35-37-31-29(47(41,42)43)17-21-7-3-5-9-27(21)33(31)39)11-13-25(19)26-14-12-24(16-20(26)2)36-38-32-30(48(44,45)46)18-22-8-4-6-10-28(22)34(32)40/h3-18,39-40H,1-2H3,(H,41,42,43)(H,44,45,46)/b37-35+,38-36+. The van der Waals surface area contributed by atoms with Gasteiger partial charge in [0.05, 0.1) is 11.4 Å². The monoisotopic (exact) mass is 682 g/mol. The van der Waals surface area contributed by atoms with Crippen LogP contribution in [0.4, 0.5) is 22.7 Å². The van der Waals surface area contributed by atoms with Crippen LogP contribution in [0.25, 0.3) is 32.7 Å². The van der Waals surface area contributed by atoms with Crippen molar-refractivity contribution in [2.24, 2.45) is 20.5 Å². The van der Waals surface area contributed by atoms with Crippen molar-refractivity contribution in [2.75, 3.05) is 0 Å². The Bertz CT molecular complexity index is 2390. The molecule has 0 aliphatic rings. The highest BCUT2D eigenvalue weighted by Gasteiger charge is 2.23. The minimum Gasteiger partial charge on any atom is -0.505 e. The summed E-state index contributed by atoms with van der Waals surface area (Å²) in [6.45, 7) is 3.69. The van der Waals surface area contributed by atoms with Crippen LogP contribution < -0.4 is 0 Å². The molecule has 0 saturated heterocycles. The number of aryl methyl sites for hydroxylation is 2. The van der Waals surface area contributed by atoms with E-state index in [0.717, 1.165) is 22.3 Å². The Morgan fingerprint density at radius 2 is 0.875 bits per heavy atom. The molecule has 0 bridgehead atoms. The zero-order chi connectivity index (χ0) is 34.4. The SMILES string of the molecule is Cc1cc(/N=N/c2c(S(=O)(=O)O)cc3ccccc3c2O)ccc1-c1ccc(/N=N/c2c(S(=O)(=O)O)cc3ccccc3c2O)cc1C. The Kier molecular flexibility index (Phi) is 8.26. The number of hydrogen-bond donors (Lipinski definition) is 4. The minimum atomic E-state index is -4.73. The van der Waals surface area contributed by atoms with Crippen molar-refractivity contribution >= 4 is 64.5 Å². The molecule has 0 spiro atoms. The van der Waals surface area contributed by atoms with Gasteiger partial charge in [0.2, 0.25) is 0 Å². The van der Waals surface area contributed by atoms with Crippen molar-refractivity contribution in [3.63, 3.8) is 0 Å². The van der Waals surface area contributed by atoms with Gasteiger partial charge < -0.3 is 10.2 Å². The first-order valence-corrected chi connectivity index (χ1v) is 17.1. The summed E-state index contributed by atoms with van der Waals surface area (Å²) in [7, 11) is -9.46. The molecule has 242 valence electrons. The van der Waals surface area contributed by atoms with Crippen LogP contribution in [0.3, 0.4) is 0 Å². The summed E-state index contributed by atoms with van der Waals surface area (Å²) in [5.41, 5.74) is 3.20. The topological polar surface area (TPSA) is 199 Å². The fourth-order valence-electron chi connectivity index (χ4n) is 5.41. The Hall–Kier alpha value is -5.54. The molecule has 0 radical (unpaired) electrons. The molecule has 12 nitrogen and oxygen atoms in total. The zero-order valence-electron chi connectivity index (χ0n) is 25.3. The smallest absolute Gasteiger partial charge is 0.296 e. The highest BCUT2D eigenvalue weighted by molar-refractivity contribution is 7.86. The Morgan fingerprint density at radius 3 is 1.23 bits per heavy atom. The van der Waals surface area contributed by atoms with Crippen molar-refractivity contribution in [3.8, 4) is 22.6 Å². The fourth-order valence-corrected chi connectivity index (χ4v) is 6.73. The van der Waals surface area contributed by atoms with Crippen LogP contribution in [0.5, 0.6) is 11.5 Å². The van der Waals surface area contributed by atoms with E-state index >= 15 is 0 Å². The predicted molar refractivity (Wildman–Crippen MR) is 181 cm³/mol. The van der Waals surface area contributed by atoms with Crippen molar-refractivity contribution in [3.05, 3.63) is 108 Å². The summed E-state index contributed by atoms with van der Waals surface area (Å²) in [6.07, 6.45) is 0. The highest BCUT2D eigenvalue weighted by Crippen LogP contribution is 2.43.